The first-order chi connectivity index (χ1) is 12.6. The van der Waals surface area contributed by atoms with E-state index in [0.29, 0.717) is 0 Å². The van der Waals surface area contributed by atoms with Gasteiger partial charge in [0.25, 0.3) is 0 Å². The van der Waals surface area contributed by atoms with Gasteiger partial charge < -0.3 is 0 Å². The fourth-order valence-electron chi connectivity index (χ4n) is 3.83. The first-order valence-corrected chi connectivity index (χ1v) is 10.8. The number of benzene rings is 3. The van der Waals surface area contributed by atoms with Crippen LogP contribution in [-0.4, -0.2) is 14.2 Å². The Labute approximate surface area is 154 Å². The molecule has 2 nitrogen and oxygen atoms in total. The van der Waals surface area contributed by atoms with E-state index in [1.165, 1.54) is 58.7 Å². The van der Waals surface area contributed by atoms with E-state index >= 15 is 0 Å². The smallest absolute Gasteiger partial charge is 0.175 e. The lowest BCUT2D eigenvalue weighted by molar-refractivity contribution is 0.607. The van der Waals surface area contributed by atoms with Crippen molar-refractivity contribution in [2.45, 2.75) is 25.7 Å². The van der Waals surface area contributed by atoms with Gasteiger partial charge >= 0.3 is 0 Å². The van der Waals surface area contributed by atoms with Gasteiger partial charge in [0, 0.05) is 5.41 Å². The molecule has 0 radical (unpaired) electrons. The maximum atomic E-state index is 10.5. The molecular formula is C23H22O2S. The first-order valence-electron chi connectivity index (χ1n) is 9.12. The summed E-state index contributed by atoms with van der Waals surface area (Å²) >= 11 is 0. The molecule has 0 atom stereocenters. The van der Waals surface area contributed by atoms with Crippen molar-refractivity contribution >= 4 is 31.4 Å². The van der Waals surface area contributed by atoms with E-state index < -0.39 is 9.84 Å². The van der Waals surface area contributed by atoms with Crippen LogP contribution in [0.25, 0.3) is 21.5 Å². The van der Waals surface area contributed by atoms with Crippen LogP contribution in [0.15, 0.2) is 72.2 Å². The number of allylic oxidation sites excluding steroid dienone is 2. The molecule has 3 heteroatoms. The van der Waals surface area contributed by atoms with Crippen LogP contribution in [0.3, 0.4) is 0 Å². The Bertz CT molecular complexity index is 1120. The van der Waals surface area contributed by atoms with Crippen molar-refractivity contribution in [3.8, 4) is 0 Å². The van der Waals surface area contributed by atoms with E-state index in [2.05, 4.69) is 48.5 Å². The molecule has 0 amide bonds. The fourth-order valence-corrected chi connectivity index (χ4v) is 4.65. The van der Waals surface area contributed by atoms with Gasteiger partial charge in [-0.25, -0.2) is 8.42 Å². The van der Waals surface area contributed by atoms with Gasteiger partial charge in [-0.15, -0.1) is 0 Å². The lowest BCUT2D eigenvalue weighted by Gasteiger charge is -2.18. The third kappa shape index (κ3) is 3.45. The molecule has 132 valence electrons. The predicted octanol–water partition coefficient (Wildman–Crippen LogP) is 5.36. The minimum atomic E-state index is -2.85. The van der Waals surface area contributed by atoms with E-state index in [-0.39, 0.29) is 5.75 Å². The van der Waals surface area contributed by atoms with Crippen molar-refractivity contribution < 1.29 is 8.42 Å². The normalized spacial score (nSPS) is 17.5. The summed E-state index contributed by atoms with van der Waals surface area (Å²) in [5.41, 5.74) is 3.17. The van der Waals surface area contributed by atoms with Gasteiger partial charge in [0.15, 0.2) is 9.84 Å². The van der Waals surface area contributed by atoms with Crippen LogP contribution in [-0.2, 0) is 22.7 Å². The van der Waals surface area contributed by atoms with Gasteiger partial charge in [-0.2, -0.15) is 0 Å². The van der Waals surface area contributed by atoms with E-state index in [0.717, 1.165) is 0 Å². The van der Waals surface area contributed by atoms with E-state index in [1.54, 1.807) is 23.3 Å². The third-order valence-corrected chi connectivity index (χ3v) is 6.35. The third-order valence-electron chi connectivity index (χ3n) is 5.12. The number of sulfone groups is 1. The van der Waals surface area contributed by atoms with Crippen LogP contribution < -0.4 is 0 Å². The highest BCUT2D eigenvalue weighted by Gasteiger charge is 2.13. The predicted molar refractivity (Wildman–Crippen MR) is 110 cm³/mol. The van der Waals surface area contributed by atoms with E-state index in [4.69, 9.17) is 0 Å². The summed E-state index contributed by atoms with van der Waals surface area (Å²) in [5.74, 6) is 0.156. The summed E-state index contributed by atoms with van der Waals surface area (Å²) in [4.78, 5) is 0. The van der Waals surface area contributed by atoms with Crippen LogP contribution in [0.1, 0.15) is 24.0 Å². The summed E-state index contributed by atoms with van der Waals surface area (Å²) in [6.07, 6.45) is 10.1. The van der Waals surface area contributed by atoms with Gasteiger partial charge in [0.2, 0.25) is 0 Å². The Hall–Kier alpha value is -2.39. The van der Waals surface area contributed by atoms with Crippen molar-refractivity contribution in [1.82, 2.24) is 0 Å². The first kappa shape index (κ1) is 17.0. The summed E-state index contributed by atoms with van der Waals surface area (Å²) < 4.78 is 21.0. The van der Waals surface area contributed by atoms with Crippen LogP contribution in [0, 0.1) is 0 Å². The molecule has 0 aromatic heterocycles. The van der Waals surface area contributed by atoms with Crippen molar-refractivity contribution in [1.29, 1.82) is 0 Å². The molecule has 1 aliphatic carbocycles. The largest absolute Gasteiger partial charge is 0.224 e. The maximum Gasteiger partial charge on any atom is 0.175 e. The van der Waals surface area contributed by atoms with Crippen molar-refractivity contribution in [3.63, 3.8) is 0 Å². The lowest BCUT2D eigenvalue weighted by atomic mass is 9.86. The Kier molecular flexibility index (Phi) is 4.64. The second kappa shape index (κ2) is 7.08. The zero-order valence-electron chi connectivity index (χ0n) is 14.7. The number of hydrogen-bond donors (Lipinski definition) is 0. The minimum Gasteiger partial charge on any atom is -0.224 e. The summed E-state index contributed by atoms with van der Waals surface area (Å²) in [6, 6.07) is 18.0. The Morgan fingerprint density at radius 3 is 2.31 bits per heavy atom. The molecule has 26 heavy (non-hydrogen) atoms. The monoisotopic (exact) mass is 362 g/mol. The zero-order chi connectivity index (χ0) is 18.0. The summed E-state index contributed by atoms with van der Waals surface area (Å²) in [5, 5.41) is 6.86. The second-order valence-electron chi connectivity index (χ2n) is 6.88. The second-order valence-corrected chi connectivity index (χ2v) is 8.81. The number of hydrogen-bond acceptors (Lipinski definition) is 2. The van der Waals surface area contributed by atoms with Gasteiger partial charge in [-0.05, 0) is 58.4 Å². The van der Waals surface area contributed by atoms with Crippen LogP contribution in [0.2, 0.25) is 0 Å². The van der Waals surface area contributed by atoms with E-state index in [1.807, 2.05) is 0 Å². The average molecular weight is 362 g/mol. The molecule has 0 fully saturated rings. The molecule has 2 aliphatic rings. The number of rotatable bonds is 0. The SMILES string of the molecule is O=S1(=O)C=CC=CC1.c1ccc2c(c1)ccc1c3c(ccc12)CCCC3. The van der Waals surface area contributed by atoms with Crippen LogP contribution in [0.5, 0.6) is 0 Å². The van der Waals surface area contributed by atoms with Crippen molar-refractivity contribution in [2.75, 3.05) is 5.75 Å². The highest BCUT2D eigenvalue weighted by molar-refractivity contribution is 7.94. The molecular weight excluding hydrogens is 340 g/mol. The highest BCUT2D eigenvalue weighted by Crippen LogP contribution is 2.33. The number of fused-ring (bicyclic) bond motifs is 5. The summed E-state index contributed by atoms with van der Waals surface area (Å²) in [6.45, 7) is 0. The van der Waals surface area contributed by atoms with Crippen molar-refractivity contribution in [2.24, 2.45) is 0 Å². The number of aryl methyl sites for hydroxylation is 2. The minimum absolute atomic E-state index is 0.156. The highest BCUT2D eigenvalue weighted by atomic mass is 32.2. The molecule has 0 N–H and O–H groups in total. The zero-order valence-corrected chi connectivity index (χ0v) is 15.5. The molecule has 0 spiro atoms. The summed E-state index contributed by atoms with van der Waals surface area (Å²) in [7, 11) is -2.85. The van der Waals surface area contributed by atoms with Crippen LogP contribution >= 0.6 is 0 Å². The molecule has 0 saturated heterocycles. The van der Waals surface area contributed by atoms with Gasteiger partial charge in [-0.1, -0.05) is 66.8 Å². The molecule has 3 aromatic rings. The molecule has 0 saturated carbocycles. The van der Waals surface area contributed by atoms with Gasteiger partial charge in [0.05, 0.1) is 5.75 Å². The molecule has 1 aliphatic heterocycles. The Balaban J connectivity index is 0.000000178. The molecule has 0 bridgehead atoms. The Morgan fingerprint density at radius 2 is 1.54 bits per heavy atom. The topological polar surface area (TPSA) is 34.1 Å². The maximum absolute atomic E-state index is 10.5. The molecule has 3 aromatic carbocycles. The molecule has 0 unspecified atom stereocenters. The fraction of sp³-hybridized carbons (Fsp3) is 0.217. The van der Waals surface area contributed by atoms with Gasteiger partial charge in [-0.3, -0.25) is 0 Å². The van der Waals surface area contributed by atoms with Crippen LogP contribution in [0.4, 0.5) is 0 Å². The van der Waals surface area contributed by atoms with Crippen molar-refractivity contribution in [3.05, 3.63) is 83.3 Å². The lowest BCUT2D eigenvalue weighted by Crippen LogP contribution is -2.02. The molecule has 5 rings (SSSR count). The quantitative estimate of drug-likeness (QED) is 0.505. The molecule has 1 heterocycles. The van der Waals surface area contributed by atoms with E-state index in [9.17, 15) is 8.42 Å². The Morgan fingerprint density at radius 1 is 0.731 bits per heavy atom. The van der Waals surface area contributed by atoms with Gasteiger partial charge in [0.1, 0.15) is 0 Å². The average Bonchev–Trinajstić information content (AvgIpc) is 2.68. The standard InChI is InChI=1S/C18H16.C5H6O2S/c1-3-7-15-13(5-1)9-11-18-16-8-4-2-6-14(16)10-12-17(15)18;6-8(7)4-2-1-3-5-8/h1,3,5,7,9-12H,2,4,6,8H2;1-4H,5H2.